The predicted octanol–water partition coefficient (Wildman–Crippen LogP) is 4.38. The van der Waals surface area contributed by atoms with Crippen molar-refractivity contribution < 1.29 is 4.74 Å². The molecule has 0 N–H and O–H groups in total. The van der Waals surface area contributed by atoms with Crippen LogP contribution in [0.15, 0.2) is 55.1 Å². The Labute approximate surface area is 201 Å². The molecule has 0 bridgehead atoms. The van der Waals surface area contributed by atoms with Gasteiger partial charge in [0.25, 0.3) is 0 Å². The number of aryl methyl sites for hydroxylation is 2. The second-order valence-electron chi connectivity index (χ2n) is 8.58. The Hall–Kier alpha value is -3.56. The number of ether oxygens (including phenoxy) is 1. The summed E-state index contributed by atoms with van der Waals surface area (Å²) < 4.78 is 9.48. The molecular formula is C25H25N7OS. The van der Waals surface area contributed by atoms with Gasteiger partial charge in [-0.05, 0) is 12.0 Å². The van der Waals surface area contributed by atoms with E-state index >= 15 is 0 Å². The van der Waals surface area contributed by atoms with Gasteiger partial charge in [-0.1, -0.05) is 30.3 Å². The maximum Gasteiger partial charge on any atom is 0.199 e. The highest BCUT2D eigenvalue weighted by molar-refractivity contribution is 7.22. The van der Waals surface area contributed by atoms with Crippen LogP contribution in [0, 0.1) is 0 Å². The van der Waals surface area contributed by atoms with Crippen LogP contribution in [0.25, 0.3) is 43.4 Å². The molecule has 0 radical (unpaired) electrons. The number of imidazole rings is 1. The van der Waals surface area contributed by atoms with Gasteiger partial charge in [0.05, 0.1) is 17.7 Å². The van der Waals surface area contributed by atoms with Crippen LogP contribution < -0.4 is 4.90 Å². The number of fused-ring (bicyclic) bond motifs is 1. The maximum atomic E-state index is 5.68. The summed E-state index contributed by atoms with van der Waals surface area (Å²) in [4.78, 5) is 19.1. The number of hydrogen-bond acceptors (Lipinski definition) is 7. The van der Waals surface area contributed by atoms with E-state index in [9.17, 15) is 0 Å². The van der Waals surface area contributed by atoms with Crippen molar-refractivity contribution >= 4 is 27.4 Å². The molecule has 34 heavy (non-hydrogen) atoms. The highest BCUT2D eigenvalue weighted by Crippen LogP contribution is 2.47. The van der Waals surface area contributed by atoms with Crippen LogP contribution in [-0.2, 0) is 18.8 Å². The summed E-state index contributed by atoms with van der Waals surface area (Å²) in [6.07, 6.45) is 8.84. The van der Waals surface area contributed by atoms with Gasteiger partial charge in [0.15, 0.2) is 11.6 Å². The van der Waals surface area contributed by atoms with E-state index in [1.807, 2.05) is 41.8 Å². The fourth-order valence-corrected chi connectivity index (χ4v) is 5.79. The van der Waals surface area contributed by atoms with E-state index in [0.29, 0.717) is 5.82 Å². The van der Waals surface area contributed by atoms with Crippen LogP contribution in [0.4, 0.5) is 5.82 Å². The lowest BCUT2D eigenvalue weighted by Crippen LogP contribution is -2.23. The predicted molar refractivity (Wildman–Crippen MR) is 135 cm³/mol. The van der Waals surface area contributed by atoms with Crippen molar-refractivity contribution in [2.75, 3.05) is 25.1 Å². The van der Waals surface area contributed by atoms with E-state index in [0.717, 1.165) is 62.9 Å². The smallest absolute Gasteiger partial charge is 0.199 e. The van der Waals surface area contributed by atoms with Gasteiger partial charge in [0.1, 0.15) is 10.6 Å². The molecule has 172 valence electrons. The number of aromatic nitrogens is 6. The van der Waals surface area contributed by atoms with Crippen molar-refractivity contribution in [3.05, 3.63) is 55.1 Å². The maximum absolute atomic E-state index is 5.68. The topological polar surface area (TPSA) is 73.9 Å². The quantitative estimate of drug-likeness (QED) is 0.379. The summed E-state index contributed by atoms with van der Waals surface area (Å²) in [5.41, 5.74) is 3.37. The molecule has 1 atom stereocenters. The molecule has 1 saturated heterocycles. The molecule has 0 saturated carbocycles. The number of methoxy groups -OCH3 is 1. The molecule has 6 rings (SSSR count). The van der Waals surface area contributed by atoms with Gasteiger partial charge in [-0.15, -0.1) is 11.3 Å². The lowest BCUT2D eigenvalue weighted by molar-refractivity contribution is 0.121. The first-order chi connectivity index (χ1) is 16.6. The normalized spacial score (nSPS) is 16.1. The molecule has 9 heteroatoms. The van der Waals surface area contributed by atoms with Gasteiger partial charge in [-0.3, -0.25) is 4.68 Å². The Bertz CT molecular complexity index is 1470. The minimum Gasteiger partial charge on any atom is -0.380 e. The highest BCUT2D eigenvalue weighted by atomic mass is 32.1. The number of nitrogens with zero attached hydrogens (tertiary/aromatic N) is 7. The van der Waals surface area contributed by atoms with Crippen molar-refractivity contribution in [1.82, 2.24) is 29.3 Å². The van der Waals surface area contributed by atoms with Gasteiger partial charge >= 0.3 is 0 Å². The van der Waals surface area contributed by atoms with Gasteiger partial charge in [0, 0.05) is 68.9 Å². The second-order valence-corrected chi connectivity index (χ2v) is 9.58. The zero-order valence-corrected chi connectivity index (χ0v) is 20.2. The SMILES string of the molecule is COC1CCN(c2nc(-c3nccn3C)nc3sc(-c4cnn(C)c4)c(-c4ccccc4)c23)C1. The lowest BCUT2D eigenvalue weighted by Gasteiger charge is -2.20. The number of anilines is 1. The average molecular weight is 472 g/mol. The highest BCUT2D eigenvalue weighted by Gasteiger charge is 2.30. The first kappa shape index (κ1) is 21.0. The van der Waals surface area contributed by atoms with Crippen LogP contribution in [0.3, 0.4) is 0 Å². The van der Waals surface area contributed by atoms with E-state index in [4.69, 9.17) is 14.7 Å². The second kappa shape index (κ2) is 8.34. The summed E-state index contributed by atoms with van der Waals surface area (Å²) >= 11 is 1.68. The molecule has 1 aromatic carbocycles. The number of benzene rings is 1. The van der Waals surface area contributed by atoms with Gasteiger partial charge in [0.2, 0.25) is 0 Å². The van der Waals surface area contributed by atoms with Crippen molar-refractivity contribution in [3.8, 4) is 33.2 Å². The summed E-state index contributed by atoms with van der Waals surface area (Å²) in [6, 6.07) is 10.5. The Kier molecular flexibility index (Phi) is 5.15. The molecule has 0 amide bonds. The van der Waals surface area contributed by atoms with Gasteiger partial charge in [-0.2, -0.15) is 5.10 Å². The molecular weight excluding hydrogens is 446 g/mol. The van der Waals surface area contributed by atoms with Crippen molar-refractivity contribution in [2.24, 2.45) is 14.1 Å². The minimum absolute atomic E-state index is 0.193. The zero-order valence-electron chi connectivity index (χ0n) is 19.3. The van der Waals surface area contributed by atoms with Gasteiger partial charge < -0.3 is 14.2 Å². The number of thiophene rings is 1. The minimum atomic E-state index is 0.193. The summed E-state index contributed by atoms with van der Waals surface area (Å²) in [5.74, 6) is 2.32. The summed E-state index contributed by atoms with van der Waals surface area (Å²) in [5, 5.41) is 5.51. The van der Waals surface area contributed by atoms with Crippen LogP contribution in [-0.4, -0.2) is 55.6 Å². The van der Waals surface area contributed by atoms with Crippen LogP contribution in [0.2, 0.25) is 0 Å². The fraction of sp³-hybridized carbons (Fsp3) is 0.280. The van der Waals surface area contributed by atoms with Gasteiger partial charge in [-0.25, -0.2) is 15.0 Å². The molecule has 0 aliphatic carbocycles. The van der Waals surface area contributed by atoms with Crippen molar-refractivity contribution in [1.29, 1.82) is 0 Å². The summed E-state index contributed by atoms with van der Waals surface area (Å²) in [7, 11) is 5.69. The Morgan fingerprint density at radius 1 is 1.09 bits per heavy atom. The molecule has 5 aromatic rings. The van der Waals surface area contributed by atoms with E-state index in [1.165, 1.54) is 0 Å². The molecule has 1 fully saturated rings. The number of rotatable bonds is 5. The molecule has 4 aromatic heterocycles. The third-order valence-electron chi connectivity index (χ3n) is 6.36. The third kappa shape index (κ3) is 3.48. The lowest BCUT2D eigenvalue weighted by atomic mass is 10.0. The molecule has 1 unspecified atom stereocenters. The third-order valence-corrected chi connectivity index (χ3v) is 7.49. The van der Waals surface area contributed by atoms with E-state index in [2.05, 4.69) is 45.4 Å². The van der Waals surface area contributed by atoms with Crippen LogP contribution in [0.1, 0.15) is 6.42 Å². The van der Waals surface area contributed by atoms with Crippen molar-refractivity contribution in [2.45, 2.75) is 12.5 Å². The standard InChI is InChI=1S/C25H25N7OS/c1-30-12-10-26-24(30)22-28-23(32-11-9-18(15-32)33-3)20-19(16-7-5-4-6-8-16)21(34-25(20)29-22)17-13-27-31(2)14-17/h4-8,10,12-14,18H,9,11,15H2,1-3H3. The summed E-state index contributed by atoms with van der Waals surface area (Å²) in [6.45, 7) is 1.69. The Morgan fingerprint density at radius 3 is 2.62 bits per heavy atom. The molecule has 5 heterocycles. The Morgan fingerprint density at radius 2 is 1.94 bits per heavy atom. The number of hydrogen-bond donors (Lipinski definition) is 0. The molecule has 1 aliphatic heterocycles. The average Bonchev–Trinajstić information content (AvgIpc) is 3.64. The van der Waals surface area contributed by atoms with E-state index in [1.54, 1.807) is 24.6 Å². The monoisotopic (exact) mass is 471 g/mol. The molecule has 0 spiro atoms. The van der Waals surface area contributed by atoms with E-state index in [-0.39, 0.29) is 6.10 Å². The molecule has 8 nitrogen and oxygen atoms in total. The fourth-order valence-electron chi connectivity index (χ4n) is 4.63. The van der Waals surface area contributed by atoms with E-state index < -0.39 is 0 Å². The van der Waals surface area contributed by atoms with Crippen LogP contribution in [0.5, 0.6) is 0 Å². The Balaban J connectivity index is 1.67. The van der Waals surface area contributed by atoms with Crippen molar-refractivity contribution in [3.63, 3.8) is 0 Å². The zero-order chi connectivity index (χ0) is 23.2. The molecule has 1 aliphatic rings. The van der Waals surface area contributed by atoms with Crippen LogP contribution >= 0.6 is 11.3 Å². The first-order valence-electron chi connectivity index (χ1n) is 11.3. The first-order valence-corrected chi connectivity index (χ1v) is 12.1. The largest absolute Gasteiger partial charge is 0.380 e.